The van der Waals surface area contributed by atoms with Crippen LogP contribution in [-0.2, 0) is 20.8 Å². The van der Waals surface area contributed by atoms with Crippen molar-refractivity contribution in [1.29, 1.82) is 0 Å². The molecule has 0 bridgehead atoms. The number of hydrogen-bond donors (Lipinski definition) is 4. The van der Waals surface area contributed by atoms with Crippen LogP contribution in [0.2, 0.25) is 0 Å². The Bertz CT molecular complexity index is 685. The summed E-state index contributed by atoms with van der Waals surface area (Å²) < 4.78 is 68.7. The van der Waals surface area contributed by atoms with Gasteiger partial charge in [-0.25, -0.2) is 0 Å². The van der Waals surface area contributed by atoms with E-state index in [4.69, 9.17) is 39.8 Å². The van der Waals surface area contributed by atoms with E-state index in [2.05, 4.69) is 0 Å². The van der Waals surface area contributed by atoms with Crippen LogP contribution in [0.5, 0.6) is 11.5 Å². The molecule has 0 aliphatic heterocycles. The molecule has 0 unspecified atom stereocenters. The summed E-state index contributed by atoms with van der Waals surface area (Å²) in [6, 6.07) is 19.5. The van der Waals surface area contributed by atoms with Crippen molar-refractivity contribution in [3.8, 4) is 11.5 Å². The van der Waals surface area contributed by atoms with Gasteiger partial charge in [-0.3, -0.25) is 18.2 Å². The van der Waals surface area contributed by atoms with Gasteiger partial charge in [-0.2, -0.15) is 16.8 Å². The summed E-state index contributed by atoms with van der Waals surface area (Å²) in [6.45, 7) is 0. The number of hydrogen-bond acceptors (Lipinski definition) is 5. The van der Waals surface area contributed by atoms with Crippen LogP contribution in [0.1, 0.15) is 1.43 Å². The van der Waals surface area contributed by atoms with Crippen molar-refractivity contribution < 1.29 is 70.8 Å². The third-order valence-electron chi connectivity index (χ3n) is 1.72. The quantitative estimate of drug-likeness (QED) is 0.384. The molecule has 0 aliphatic carbocycles. The van der Waals surface area contributed by atoms with Gasteiger partial charge >= 0.3 is 50.4 Å². The SMILES string of the molecule is O=S(=O)(O)O.O=S(=O)(O)O.[H-].[Na+].c1ccc(Oc2ccccc2)cc1. The second kappa shape index (κ2) is 12.4. The summed E-state index contributed by atoms with van der Waals surface area (Å²) in [4.78, 5) is 0. The molecule has 130 valence electrons. The normalized spacial score (nSPS) is 10.0. The third-order valence-corrected chi connectivity index (χ3v) is 1.72. The van der Waals surface area contributed by atoms with E-state index < -0.39 is 20.8 Å². The Kier molecular flexibility index (Phi) is 13.0. The molecule has 24 heavy (non-hydrogen) atoms. The van der Waals surface area contributed by atoms with Crippen LogP contribution in [-0.4, -0.2) is 35.0 Å². The summed E-state index contributed by atoms with van der Waals surface area (Å²) in [5, 5.41) is 0. The minimum Gasteiger partial charge on any atom is -1.00 e. The monoisotopic (exact) mass is 390 g/mol. The average molecular weight is 390 g/mol. The summed E-state index contributed by atoms with van der Waals surface area (Å²) in [5.41, 5.74) is 0. The molecule has 0 fully saturated rings. The molecule has 0 aromatic heterocycles. The summed E-state index contributed by atoms with van der Waals surface area (Å²) in [5.74, 6) is 1.74. The van der Waals surface area contributed by atoms with Crippen molar-refractivity contribution in [1.82, 2.24) is 0 Å². The number of rotatable bonds is 2. The second-order valence-electron chi connectivity index (χ2n) is 3.62. The molecule has 9 nitrogen and oxygen atoms in total. The predicted octanol–water partition coefficient (Wildman–Crippen LogP) is -0.710. The Balaban J connectivity index is -0.000000345. The molecule has 12 heteroatoms. The zero-order chi connectivity index (χ0) is 17.9. The fourth-order valence-corrected chi connectivity index (χ4v) is 1.11. The van der Waals surface area contributed by atoms with Crippen molar-refractivity contribution in [3.63, 3.8) is 0 Å². The first-order chi connectivity index (χ1) is 10.4. The van der Waals surface area contributed by atoms with Gasteiger partial charge in [-0.15, -0.1) is 0 Å². The Morgan fingerprint density at radius 3 is 1.04 bits per heavy atom. The van der Waals surface area contributed by atoms with Crippen LogP contribution >= 0.6 is 0 Å². The predicted molar refractivity (Wildman–Crippen MR) is 82.4 cm³/mol. The molecule has 2 rings (SSSR count). The first kappa shape index (κ1) is 25.2. The van der Waals surface area contributed by atoms with Crippen molar-refractivity contribution in [2.45, 2.75) is 0 Å². The maximum absolute atomic E-state index is 8.74. The Morgan fingerprint density at radius 1 is 0.625 bits per heavy atom. The first-order valence-electron chi connectivity index (χ1n) is 5.63. The van der Waals surface area contributed by atoms with E-state index in [0.29, 0.717) is 0 Å². The molecular weight excluding hydrogens is 375 g/mol. The minimum atomic E-state index is -4.67. The van der Waals surface area contributed by atoms with Gasteiger partial charge in [-0.1, -0.05) is 36.4 Å². The molecule has 2 aromatic rings. The molecule has 0 heterocycles. The van der Waals surface area contributed by atoms with E-state index in [1.807, 2.05) is 60.7 Å². The van der Waals surface area contributed by atoms with E-state index >= 15 is 0 Å². The molecular formula is C12H15NaO9S2. The minimum absolute atomic E-state index is 0. The van der Waals surface area contributed by atoms with E-state index in [1.165, 1.54) is 0 Å². The molecule has 0 saturated heterocycles. The largest absolute Gasteiger partial charge is 1.00 e. The van der Waals surface area contributed by atoms with Gasteiger partial charge in [0.05, 0.1) is 0 Å². The number of para-hydroxylation sites is 2. The fourth-order valence-electron chi connectivity index (χ4n) is 1.11. The summed E-state index contributed by atoms with van der Waals surface area (Å²) in [6.07, 6.45) is 0. The smallest absolute Gasteiger partial charge is 1.00 e. The number of ether oxygens (including phenoxy) is 1. The van der Waals surface area contributed by atoms with Crippen LogP contribution in [0.3, 0.4) is 0 Å². The molecule has 0 radical (unpaired) electrons. The zero-order valence-corrected chi connectivity index (χ0v) is 16.1. The van der Waals surface area contributed by atoms with Gasteiger partial charge in [0.25, 0.3) is 0 Å². The van der Waals surface area contributed by atoms with Gasteiger partial charge in [0.2, 0.25) is 0 Å². The molecule has 0 aliphatic rings. The topological polar surface area (TPSA) is 158 Å². The molecule has 0 atom stereocenters. The van der Waals surface area contributed by atoms with Crippen molar-refractivity contribution in [2.75, 3.05) is 0 Å². The third kappa shape index (κ3) is 23.2. The number of benzene rings is 2. The molecule has 2 aromatic carbocycles. The Hall–Kier alpha value is -1.02. The second-order valence-corrected chi connectivity index (χ2v) is 5.42. The summed E-state index contributed by atoms with van der Waals surface area (Å²) >= 11 is 0. The first-order valence-corrected chi connectivity index (χ1v) is 8.42. The zero-order valence-electron chi connectivity index (χ0n) is 13.4. The fraction of sp³-hybridized carbons (Fsp3) is 0. The maximum Gasteiger partial charge on any atom is 1.00 e. The van der Waals surface area contributed by atoms with E-state index in [0.717, 1.165) is 11.5 Å². The van der Waals surface area contributed by atoms with E-state index in [-0.39, 0.29) is 31.0 Å². The van der Waals surface area contributed by atoms with Crippen LogP contribution < -0.4 is 34.3 Å². The summed E-state index contributed by atoms with van der Waals surface area (Å²) in [7, 11) is -9.33. The van der Waals surface area contributed by atoms with Crippen molar-refractivity contribution in [3.05, 3.63) is 60.7 Å². The van der Waals surface area contributed by atoms with Crippen LogP contribution in [0.15, 0.2) is 60.7 Å². The Morgan fingerprint density at radius 2 is 0.833 bits per heavy atom. The molecule has 4 N–H and O–H groups in total. The van der Waals surface area contributed by atoms with Crippen molar-refractivity contribution in [2.24, 2.45) is 0 Å². The van der Waals surface area contributed by atoms with Gasteiger partial charge < -0.3 is 6.16 Å². The molecule has 0 spiro atoms. The van der Waals surface area contributed by atoms with Crippen LogP contribution in [0.25, 0.3) is 0 Å². The van der Waals surface area contributed by atoms with Gasteiger partial charge in [0.15, 0.2) is 0 Å². The van der Waals surface area contributed by atoms with E-state index in [9.17, 15) is 0 Å². The van der Waals surface area contributed by atoms with Crippen molar-refractivity contribution >= 4 is 20.8 Å². The maximum atomic E-state index is 8.74. The molecule has 0 saturated carbocycles. The van der Waals surface area contributed by atoms with Gasteiger partial charge in [-0.05, 0) is 24.3 Å². The van der Waals surface area contributed by atoms with Gasteiger partial charge in [0, 0.05) is 0 Å². The van der Waals surface area contributed by atoms with Gasteiger partial charge in [0.1, 0.15) is 11.5 Å². The van der Waals surface area contributed by atoms with E-state index in [1.54, 1.807) is 0 Å². The molecule has 0 amide bonds. The Labute approximate surface area is 163 Å². The standard InChI is InChI=1S/C12H10O.Na.2H2O4S.H/c1-3-7-11(8-4-1)13-12-9-5-2-6-10-12;;2*1-5(2,3)4;/h1-10H;;2*(H2,1,2,3,4);/q;+1;;;-1. The van der Waals surface area contributed by atoms with Crippen LogP contribution in [0, 0.1) is 0 Å². The van der Waals surface area contributed by atoms with Crippen LogP contribution in [0.4, 0.5) is 0 Å². The average Bonchev–Trinajstić information content (AvgIpc) is 2.37.